The van der Waals surface area contributed by atoms with E-state index < -0.39 is 15.7 Å². The first-order valence-electron chi connectivity index (χ1n) is 7.04. The fourth-order valence-corrected chi connectivity index (χ4v) is 3.73. The molecule has 0 radical (unpaired) electrons. The molecule has 2 aromatic carbocycles. The van der Waals surface area contributed by atoms with Crippen LogP contribution in [0.1, 0.15) is 10.6 Å². The summed E-state index contributed by atoms with van der Waals surface area (Å²) in [5.74, 6) is -0.778. The molecule has 0 atom stereocenters. The van der Waals surface area contributed by atoms with Gasteiger partial charge in [0.25, 0.3) is 5.91 Å². The second kappa shape index (κ2) is 6.92. The SMILES string of the molecule is O=C(Nc1ccc(Cl)cc1Cl)c1ccc(S(=O)(=O)c2ccccc2)o1. The molecule has 0 unspecified atom stereocenters. The van der Waals surface area contributed by atoms with Crippen molar-refractivity contribution in [1.29, 1.82) is 0 Å². The Morgan fingerprint density at radius 3 is 2.36 bits per heavy atom. The molecule has 1 heterocycles. The van der Waals surface area contributed by atoms with Gasteiger partial charge in [0.15, 0.2) is 5.76 Å². The van der Waals surface area contributed by atoms with Crippen molar-refractivity contribution in [1.82, 2.24) is 0 Å². The predicted octanol–water partition coefficient (Wildman–Crippen LogP) is 4.67. The monoisotopic (exact) mass is 395 g/mol. The first-order chi connectivity index (χ1) is 11.9. The lowest BCUT2D eigenvalue weighted by molar-refractivity contribution is 0.0991. The lowest BCUT2D eigenvalue weighted by Crippen LogP contribution is -2.11. The van der Waals surface area contributed by atoms with Gasteiger partial charge in [-0.15, -0.1) is 0 Å². The summed E-state index contributed by atoms with van der Waals surface area (Å²) in [6.45, 7) is 0. The Hall–Kier alpha value is -2.28. The Morgan fingerprint density at radius 1 is 0.960 bits per heavy atom. The number of nitrogens with one attached hydrogen (secondary N) is 1. The van der Waals surface area contributed by atoms with Crippen LogP contribution in [0.5, 0.6) is 0 Å². The molecular formula is C17H11Cl2NO4S. The molecule has 25 heavy (non-hydrogen) atoms. The smallest absolute Gasteiger partial charge is 0.291 e. The third kappa shape index (κ3) is 3.71. The molecule has 1 N–H and O–H groups in total. The van der Waals surface area contributed by atoms with Crippen LogP contribution in [0.15, 0.2) is 75.1 Å². The van der Waals surface area contributed by atoms with E-state index in [1.807, 2.05) is 0 Å². The summed E-state index contributed by atoms with van der Waals surface area (Å²) >= 11 is 11.8. The van der Waals surface area contributed by atoms with Crippen molar-refractivity contribution in [3.63, 3.8) is 0 Å². The number of furan rings is 1. The molecule has 0 spiro atoms. The molecule has 0 aliphatic carbocycles. The minimum atomic E-state index is -3.83. The van der Waals surface area contributed by atoms with Gasteiger partial charge in [-0.1, -0.05) is 41.4 Å². The highest BCUT2D eigenvalue weighted by Gasteiger charge is 2.23. The van der Waals surface area contributed by atoms with E-state index >= 15 is 0 Å². The van der Waals surface area contributed by atoms with E-state index in [1.165, 1.54) is 36.4 Å². The molecule has 8 heteroatoms. The average Bonchev–Trinajstić information content (AvgIpc) is 3.09. The number of amides is 1. The van der Waals surface area contributed by atoms with Gasteiger partial charge in [0.2, 0.25) is 14.9 Å². The molecule has 3 aromatic rings. The van der Waals surface area contributed by atoms with Crippen LogP contribution in [0.3, 0.4) is 0 Å². The summed E-state index contributed by atoms with van der Waals surface area (Å²) in [6, 6.07) is 14.9. The number of rotatable bonds is 4. The molecule has 1 aromatic heterocycles. The van der Waals surface area contributed by atoms with Crippen LogP contribution >= 0.6 is 23.2 Å². The van der Waals surface area contributed by atoms with Gasteiger partial charge in [-0.3, -0.25) is 4.79 Å². The molecule has 0 saturated carbocycles. The highest BCUT2D eigenvalue weighted by Crippen LogP contribution is 2.27. The number of sulfone groups is 1. The van der Waals surface area contributed by atoms with Crippen LogP contribution in [0.4, 0.5) is 5.69 Å². The number of carbonyl (C=O) groups excluding carboxylic acids is 1. The highest BCUT2D eigenvalue weighted by molar-refractivity contribution is 7.91. The summed E-state index contributed by atoms with van der Waals surface area (Å²) in [5, 5.41) is 2.91. The molecule has 0 bridgehead atoms. The van der Waals surface area contributed by atoms with Crippen molar-refractivity contribution in [2.75, 3.05) is 5.32 Å². The summed E-state index contributed by atoms with van der Waals surface area (Å²) in [4.78, 5) is 12.3. The standard InChI is InChI=1S/C17H11Cl2NO4S/c18-11-6-7-14(13(19)10-11)20-17(21)15-8-9-16(24-15)25(22,23)12-4-2-1-3-5-12/h1-10H,(H,20,21). The normalized spacial score (nSPS) is 11.3. The Labute approximate surface area is 154 Å². The summed E-state index contributed by atoms with van der Waals surface area (Å²) in [6.07, 6.45) is 0. The fraction of sp³-hybridized carbons (Fsp3) is 0. The van der Waals surface area contributed by atoms with Crippen molar-refractivity contribution in [3.05, 3.63) is 76.5 Å². The Kier molecular flexibility index (Phi) is 4.85. The first kappa shape index (κ1) is 17.5. The number of benzene rings is 2. The maximum Gasteiger partial charge on any atom is 0.291 e. The van der Waals surface area contributed by atoms with Crippen molar-refractivity contribution >= 4 is 44.6 Å². The zero-order chi connectivity index (χ0) is 18.0. The van der Waals surface area contributed by atoms with Gasteiger partial charge >= 0.3 is 0 Å². The third-order valence-corrected chi connectivity index (χ3v) is 5.49. The van der Waals surface area contributed by atoms with Gasteiger partial charge in [-0.05, 0) is 42.5 Å². The van der Waals surface area contributed by atoms with E-state index in [1.54, 1.807) is 24.3 Å². The first-order valence-corrected chi connectivity index (χ1v) is 9.28. The van der Waals surface area contributed by atoms with Gasteiger partial charge in [-0.2, -0.15) is 0 Å². The van der Waals surface area contributed by atoms with Crippen LogP contribution < -0.4 is 5.32 Å². The van der Waals surface area contributed by atoms with Crippen LogP contribution in [0, 0.1) is 0 Å². The molecule has 0 saturated heterocycles. The summed E-state index contributed by atoms with van der Waals surface area (Å²) < 4.78 is 30.1. The molecule has 0 aliphatic heterocycles. The summed E-state index contributed by atoms with van der Waals surface area (Å²) in [7, 11) is -3.83. The maximum atomic E-state index is 12.5. The van der Waals surface area contributed by atoms with E-state index in [4.69, 9.17) is 27.6 Å². The van der Waals surface area contributed by atoms with Crippen LogP contribution in [-0.4, -0.2) is 14.3 Å². The minimum absolute atomic E-state index is 0.0806. The van der Waals surface area contributed by atoms with E-state index in [9.17, 15) is 13.2 Å². The Bertz CT molecular complexity index is 1030. The van der Waals surface area contributed by atoms with Gasteiger partial charge in [-0.25, -0.2) is 8.42 Å². The van der Waals surface area contributed by atoms with E-state index in [0.717, 1.165) is 0 Å². The number of carbonyl (C=O) groups is 1. The fourth-order valence-electron chi connectivity index (χ4n) is 2.08. The van der Waals surface area contributed by atoms with E-state index in [-0.39, 0.29) is 20.8 Å². The minimum Gasteiger partial charge on any atom is -0.439 e. The van der Waals surface area contributed by atoms with Crippen LogP contribution in [0.2, 0.25) is 10.0 Å². The molecule has 3 rings (SSSR count). The van der Waals surface area contributed by atoms with Crippen molar-refractivity contribution in [2.45, 2.75) is 9.99 Å². The zero-order valence-corrected chi connectivity index (χ0v) is 14.9. The average molecular weight is 396 g/mol. The molecule has 0 fully saturated rings. The van der Waals surface area contributed by atoms with Gasteiger partial charge in [0, 0.05) is 5.02 Å². The van der Waals surface area contributed by atoms with Gasteiger partial charge in [0.1, 0.15) is 0 Å². The molecule has 5 nitrogen and oxygen atoms in total. The largest absolute Gasteiger partial charge is 0.439 e. The Balaban J connectivity index is 1.85. The van der Waals surface area contributed by atoms with E-state index in [0.29, 0.717) is 10.7 Å². The lowest BCUT2D eigenvalue weighted by atomic mass is 10.3. The number of anilines is 1. The molecule has 1 amide bonds. The number of halogens is 2. The predicted molar refractivity (Wildman–Crippen MR) is 95.0 cm³/mol. The second-order valence-electron chi connectivity index (χ2n) is 5.01. The topological polar surface area (TPSA) is 76.4 Å². The van der Waals surface area contributed by atoms with E-state index in [2.05, 4.69) is 5.32 Å². The lowest BCUT2D eigenvalue weighted by Gasteiger charge is -2.06. The highest BCUT2D eigenvalue weighted by atomic mass is 35.5. The van der Waals surface area contributed by atoms with Gasteiger partial charge < -0.3 is 9.73 Å². The Morgan fingerprint density at radius 2 is 1.68 bits per heavy atom. The zero-order valence-electron chi connectivity index (χ0n) is 12.6. The van der Waals surface area contributed by atoms with Gasteiger partial charge in [0.05, 0.1) is 15.6 Å². The van der Waals surface area contributed by atoms with Crippen molar-refractivity contribution < 1.29 is 17.6 Å². The maximum absolute atomic E-state index is 12.5. The number of hydrogen-bond acceptors (Lipinski definition) is 4. The molecular weight excluding hydrogens is 385 g/mol. The van der Waals surface area contributed by atoms with Crippen LogP contribution in [0.25, 0.3) is 0 Å². The molecule has 0 aliphatic rings. The third-order valence-electron chi connectivity index (χ3n) is 3.30. The molecule has 128 valence electrons. The van der Waals surface area contributed by atoms with Crippen LogP contribution in [-0.2, 0) is 9.84 Å². The summed E-state index contributed by atoms with van der Waals surface area (Å²) in [5.41, 5.74) is 0.333. The quantitative estimate of drug-likeness (QED) is 0.695. The second-order valence-corrected chi connectivity index (χ2v) is 7.74. The van der Waals surface area contributed by atoms with Crippen molar-refractivity contribution in [3.8, 4) is 0 Å². The number of hydrogen-bond donors (Lipinski definition) is 1. The van der Waals surface area contributed by atoms with Crippen molar-refractivity contribution in [2.24, 2.45) is 0 Å².